The zero-order valence-corrected chi connectivity index (χ0v) is 10.3. The molecule has 0 spiro atoms. The maximum absolute atomic E-state index is 6.12. The van der Waals surface area contributed by atoms with Crippen LogP contribution in [0.25, 0.3) is 0 Å². The van der Waals surface area contributed by atoms with E-state index in [1.54, 1.807) is 0 Å². The van der Waals surface area contributed by atoms with Crippen molar-refractivity contribution in [2.24, 2.45) is 5.73 Å². The summed E-state index contributed by atoms with van der Waals surface area (Å²) in [5.74, 6) is 0. The van der Waals surface area contributed by atoms with Crippen molar-refractivity contribution in [1.29, 1.82) is 0 Å². The number of aromatic nitrogens is 2. The van der Waals surface area contributed by atoms with Gasteiger partial charge >= 0.3 is 0 Å². The van der Waals surface area contributed by atoms with Crippen molar-refractivity contribution in [3.63, 3.8) is 0 Å². The minimum Gasteiger partial charge on any atom is -0.323 e. The van der Waals surface area contributed by atoms with Gasteiger partial charge in [-0.05, 0) is 30.8 Å². The van der Waals surface area contributed by atoms with Crippen LogP contribution in [0.2, 0.25) is 0 Å². The van der Waals surface area contributed by atoms with E-state index in [0.29, 0.717) is 0 Å². The Morgan fingerprint density at radius 2 is 2.27 bits per heavy atom. The number of aryl methyl sites for hydroxylation is 1. The van der Waals surface area contributed by atoms with Gasteiger partial charge in [-0.3, -0.25) is 0 Å². The third-order valence-electron chi connectivity index (χ3n) is 2.42. The second kappa shape index (κ2) is 5.98. The zero-order chi connectivity index (χ0) is 11.3. The van der Waals surface area contributed by atoms with Gasteiger partial charge in [0.05, 0.1) is 10.6 Å². The summed E-state index contributed by atoms with van der Waals surface area (Å²) < 4.78 is 3.98. The van der Waals surface area contributed by atoms with Crippen LogP contribution in [0.3, 0.4) is 0 Å². The maximum Gasteiger partial charge on any atom is 0.0803 e. The molecule has 1 heterocycles. The number of nitrogens with zero attached hydrogens (tertiary/aromatic N) is 2. The average molecular weight is 225 g/mol. The lowest BCUT2D eigenvalue weighted by atomic mass is 10.0. The maximum atomic E-state index is 6.12. The van der Waals surface area contributed by atoms with Crippen molar-refractivity contribution in [1.82, 2.24) is 9.59 Å². The first-order valence-electron chi connectivity index (χ1n) is 5.42. The van der Waals surface area contributed by atoms with Gasteiger partial charge in [0, 0.05) is 6.04 Å². The fourth-order valence-corrected chi connectivity index (χ4v) is 2.15. The molecule has 0 aromatic carbocycles. The van der Waals surface area contributed by atoms with Gasteiger partial charge in [-0.25, -0.2) is 0 Å². The lowest BCUT2D eigenvalue weighted by Gasteiger charge is -2.11. The summed E-state index contributed by atoms with van der Waals surface area (Å²) in [5.41, 5.74) is 8.38. The van der Waals surface area contributed by atoms with E-state index in [4.69, 9.17) is 5.73 Å². The molecule has 0 saturated carbocycles. The Bertz CT molecular complexity index is 319. The summed E-state index contributed by atoms with van der Waals surface area (Å²) in [6.07, 6.45) is 3.89. The highest BCUT2D eigenvalue weighted by atomic mass is 32.1. The Kier molecular flexibility index (Phi) is 4.91. The summed E-state index contributed by atoms with van der Waals surface area (Å²) in [6.45, 7) is 8.23. The van der Waals surface area contributed by atoms with Crippen molar-refractivity contribution in [2.45, 2.75) is 45.6 Å². The summed E-state index contributed by atoms with van der Waals surface area (Å²) in [7, 11) is 0. The molecule has 1 aromatic rings. The van der Waals surface area contributed by atoms with Crippen molar-refractivity contribution in [3.8, 4) is 0 Å². The molecule has 0 aliphatic rings. The molecule has 4 heteroatoms. The number of nitrogens with two attached hydrogens (primary N) is 1. The van der Waals surface area contributed by atoms with E-state index in [1.165, 1.54) is 17.1 Å². The first-order valence-corrected chi connectivity index (χ1v) is 6.19. The number of hydrogen-bond donors (Lipinski definition) is 1. The van der Waals surface area contributed by atoms with E-state index in [0.717, 1.165) is 36.3 Å². The second-order valence-electron chi connectivity index (χ2n) is 3.75. The Morgan fingerprint density at radius 1 is 1.53 bits per heavy atom. The molecule has 3 nitrogen and oxygen atoms in total. The second-order valence-corrected chi connectivity index (χ2v) is 4.53. The van der Waals surface area contributed by atoms with Crippen LogP contribution in [0.5, 0.6) is 0 Å². The Hall–Kier alpha value is -0.740. The van der Waals surface area contributed by atoms with E-state index >= 15 is 0 Å². The van der Waals surface area contributed by atoms with Gasteiger partial charge in [-0.15, -0.1) is 5.10 Å². The normalized spacial score (nSPS) is 12.7. The highest BCUT2D eigenvalue weighted by molar-refractivity contribution is 7.05. The molecule has 1 rings (SSSR count). The van der Waals surface area contributed by atoms with Crippen LogP contribution in [0.15, 0.2) is 12.2 Å². The van der Waals surface area contributed by atoms with Gasteiger partial charge in [-0.1, -0.05) is 36.9 Å². The fourth-order valence-electron chi connectivity index (χ4n) is 1.46. The summed E-state index contributed by atoms with van der Waals surface area (Å²) >= 11 is 1.42. The summed E-state index contributed by atoms with van der Waals surface area (Å²) in [4.78, 5) is 1.13. The smallest absolute Gasteiger partial charge is 0.0803 e. The molecule has 0 radical (unpaired) electrons. The predicted molar refractivity (Wildman–Crippen MR) is 64.9 cm³/mol. The molecule has 0 saturated heterocycles. The van der Waals surface area contributed by atoms with Crippen LogP contribution < -0.4 is 5.73 Å². The van der Waals surface area contributed by atoms with Crippen molar-refractivity contribution < 1.29 is 0 Å². The number of rotatable bonds is 6. The van der Waals surface area contributed by atoms with Crippen LogP contribution in [0.1, 0.15) is 49.7 Å². The van der Waals surface area contributed by atoms with E-state index in [2.05, 4.69) is 30.0 Å². The van der Waals surface area contributed by atoms with Crippen LogP contribution in [0, 0.1) is 0 Å². The highest BCUT2D eigenvalue weighted by Gasteiger charge is 2.15. The topological polar surface area (TPSA) is 51.8 Å². The van der Waals surface area contributed by atoms with E-state index in [9.17, 15) is 0 Å². The van der Waals surface area contributed by atoms with E-state index in [-0.39, 0.29) is 6.04 Å². The molecule has 0 amide bonds. The lowest BCUT2D eigenvalue weighted by molar-refractivity contribution is 0.697. The fraction of sp³-hybridized carbons (Fsp3) is 0.636. The summed E-state index contributed by atoms with van der Waals surface area (Å²) in [5, 5.41) is 4.12. The first kappa shape index (κ1) is 12.3. The third kappa shape index (κ3) is 3.39. The Morgan fingerprint density at radius 3 is 2.87 bits per heavy atom. The average Bonchev–Trinajstić information content (AvgIpc) is 2.66. The molecule has 0 aliphatic heterocycles. The standard InChI is InChI=1S/C11H19N3S/c1-4-6-10-11(15-14-13-10)9(12)7-8(3)5-2/h9H,3-7,12H2,1-2H3. The molecule has 15 heavy (non-hydrogen) atoms. The van der Waals surface area contributed by atoms with Crippen molar-refractivity contribution in [2.75, 3.05) is 0 Å². The molecule has 1 aromatic heterocycles. The van der Waals surface area contributed by atoms with Gasteiger partial charge in [0.25, 0.3) is 0 Å². The van der Waals surface area contributed by atoms with E-state index in [1.807, 2.05) is 0 Å². The molecule has 0 aliphatic carbocycles. The minimum atomic E-state index is 0.0269. The van der Waals surface area contributed by atoms with Gasteiger partial charge in [0.15, 0.2) is 0 Å². The molecule has 0 bridgehead atoms. The van der Waals surface area contributed by atoms with Crippen LogP contribution in [-0.4, -0.2) is 9.59 Å². The van der Waals surface area contributed by atoms with Gasteiger partial charge in [0.1, 0.15) is 0 Å². The molecule has 1 unspecified atom stereocenters. The quantitative estimate of drug-likeness (QED) is 0.757. The molecule has 84 valence electrons. The largest absolute Gasteiger partial charge is 0.323 e. The van der Waals surface area contributed by atoms with Crippen LogP contribution >= 0.6 is 11.5 Å². The highest BCUT2D eigenvalue weighted by Crippen LogP contribution is 2.25. The zero-order valence-electron chi connectivity index (χ0n) is 9.49. The Labute approximate surface area is 95.6 Å². The van der Waals surface area contributed by atoms with Crippen molar-refractivity contribution in [3.05, 3.63) is 22.7 Å². The molecular weight excluding hydrogens is 206 g/mol. The predicted octanol–water partition coefficient (Wildman–Crippen LogP) is 2.85. The van der Waals surface area contributed by atoms with Crippen LogP contribution in [-0.2, 0) is 6.42 Å². The Balaban J connectivity index is 2.68. The molecular formula is C11H19N3S. The van der Waals surface area contributed by atoms with E-state index < -0.39 is 0 Å². The third-order valence-corrected chi connectivity index (χ3v) is 3.32. The minimum absolute atomic E-state index is 0.0269. The molecule has 2 N–H and O–H groups in total. The van der Waals surface area contributed by atoms with Gasteiger partial charge < -0.3 is 5.73 Å². The van der Waals surface area contributed by atoms with Crippen LogP contribution in [0.4, 0.5) is 0 Å². The summed E-state index contributed by atoms with van der Waals surface area (Å²) in [6, 6.07) is 0.0269. The SMILES string of the molecule is C=C(CC)CC(N)c1snnc1CCC. The van der Waals surface area contributed by atoms with Crippen molar-refractivity contribution >= 4 is 11.5 Å². The molecule has 1 atom stereocenters. The monoisotopic (exact) mass is 225 g/mol. The first-order chi connectivity index (χ1) is 7.19. The lowest BCUT2D eigenvalue weighted by Crippen LogP contribution is -2.11. The van der Waals surface area contributed by atoms with Gasteiger partial charge in [-0.2, -0.15) is 0 Å². The molecule has 0 fully saturated rings. The van der Waals surface area contributed by atoms with Gasteiger partial charge in [0.2, 0.25) is 0 Å². The number of hydrogen-bond acceptors (Lipinski definition) is 4.